The molecule has 0 spiro atoms. The number of rotatable bonds is 1. The van der Waals surface area contributed by atoms with Gasteiger partial charge in [0, 0.05) is 27.6 Å². The van der Waals surface area contributed by atoms with Gasteiger partial charge in [-0.15, -0.1) is 0 Å². The third kappa shape index (κ3) is 1.60. The van der Waals surface area contributed by atoms with Crippen LogP contribution in [0.3, 0.4) is 0 Å². The lowest BCUT2D eigenvalue weighted by Gasteiger charge is -2.08. The van der Waals surface area contributed by atoms with E-state index in [2.05, 4.69) is 50.6 Å². The van der Waals surface area contributed by atoms with Crippen LogP contribution in [0, 0.1) is 0 Å². The Morgan fingerprint density at radius 1 is 1.33 bits per heavy atom. The molecule has 2 aromatic rings. The second-order valence-corrected chi connectivity index (χ2v) is 5.00. The van der Waals surface area contributed by atoms with Crippen molar-refractivity contribution in [1.29, 1.82) is 0 Å². The van der Waals surface area contributed by atoms with Gasteiger partial charge >= 0.3 is 0 Å². The van der Waals surface area contributed by atoms with E-state index in [0.717, 1.165) is 11.0 Å². The average Bonchev–Trinajstić information content (AvgIpc) is 2.83. The molecule has 78 valence electrons. The number of nitrogens with one attached hydrogen (secondary N) is 2. The highest BCUT2D eigenvalue weighted by molar-refractivity contribution is 9.10. The second-order valence-electron chi connectivity index (χ2n) is 4.08. The van der Waals surface area contributed by atoms with Gasteiger partial charge in [0.15, 0.2) is 0 Å². The molecule has 2 N–H and O–H groups in total. The fourth-order valence-corrected chi connectivity index (χ4v) is 2.71. The Morgan fingerprint density at radius 3 is 3.07 bits per heavy atom. The van der Waals surface area contributed by atoms with Crippen LogP contribution in [-0.2, 0) is 0 Å². The van der Waals surface area contributed by atoms with Gasteiger partial charge in [-0.2, -0.15) is 0 Å². The molecule has 1 aliphatic rings. The van der Waals surface area contributed by atoms with E-state index in [1.165, 1.54) is 29.3 Å². The van der Waals surface area contributed by atoms with Crippen molar-refractivity contribution in [3.8, 4) is 0 Å². The number of hydrogen-bond donors (Lipinski definition) is 2. The van der Waals surface area contributed by atoms with E-state index in [1.807, 2.05) is 0 Å². The Balaban J connectivity index is 2.13. The van der Waals surface area contributed by atoms with Crippen molar-refractivity contribution in [3.05, 3.63) is 34.4 Å². The monoisotopic (exact) mass is 264 g/mol. The van der Waals surface area contributed by atoms with Crippen molar-refractivity contribution in [1.82, 2.24) is 10.3 Å². The summed E-state index contributed by atoms with van der Waals surface area (Å²) in [5, 5.41) is 4.87. The zero-order valence-electron chi connectivity index (χ0n) is 8.39. The maximum Gasteiger partial charge on any atom is 0.0458 e. The fourth-order valence-electron chi connectivity index (χ4n) is 2.35. The third-order valence-electron chi connectivity index (χ3n) is 3.11. The molecule has 1 atom stereocenters. The number of benzene rings is 1. The van der Waals surface area contributed by atoms with Crippen molar-refractivity contribution >= 4 is 26.8 Å². The first-order valence-corrected chi connectivity index (χ1v) is 6.14. The Kier molecular flexibility index (Phi) is 2.29. The van der Waals surface area contributed by atoms with Crippen LogP contribution in [0.25, 0.3) is 10.9 Å². The first kappa shape index (κ1) is 9.43. The minimum absolute atomic E-state index is 0.535. The molecular formula is C12H13BrN2. The van der Waals surface area contributed by atoms with Gasteiger partial charge in [0.25, 0.3) is 0 Å². The van der Waals surface area contributed by atoms with Crippen LogP contribution in [0.2, 0.25) is 0 Å². The first-order chi connectivity index (χ1) is 7.34. The second kappa shape index (κ2) is 3.65. The number of aromatic nitrogens is 1. The molecular weight excluding hydrogens is 252 g/mol. The standard InChI is InChI=1S/C12H13BrN2/c13-8-3-4-12-9(6-8)10(7-15-12)11-2-1-5-14-11/h3-4,6-7,11,14-15H,1-2,5H2/t11-/m1/s1. The van der Waals surface area contributed by atoms with E-state index < -0.39 is 0 Å². The minimum Gasteiger partial charge on any atom is -0.361 e. The van der Waals surface area contributed by atoms with Gasteiger partial charge in [-0.1, -0.05) is 15.9 Å². The maximum absolute atomic E-state index is 3.54. The molecule has 1 saturated heterocycles. The summed E-state index contributed by atoms with van der Waals surface area (Å²) in [7, 11) is 0. The van der Waals surface area contributed by atoms with Gasteiger partial charge in [0.1, 0.15) is 0 Å². The van der Waals surface area contributed by atoms with E-state index in [-0.39, 0.29) is 0 Å². The Bertz CT molecular complexity index is 483. The maximum atomic E-state index is 3.54. The fraction of sp³-hybridized carbons (Fsp3) is 0.333. The highest BCUT2D eigenvalue weighted by Gasteiger charge is 2.19. The predicted molar refractivity (Wildman–Crippen MR) is 66.0 cm³/mol. The van der Waals surface area contributed by atoms with Crippen LogP contribution in [-0.4, -0.2) is 11.5 Å². The van der Waals surface area contributed by atoms with Crippen molar-refractivity contribution < 1.29 is 0 Å². The van der Waals surface area contributed by atoms with Crippen molar-refractivity contribution in [2.24, 2.45) is 0 Å². The van der Waals surface area contributed by atoms with Crippen LogP contribution in [0.5, 0.6) is 0 Å². The summed E-state index contributed by atoms with van der Waals surface area (Å²) in [6.07, 6.45) is 4.67. The molecule has 0 radical (unpaired) electrons. The van der Waals surface area contributed by atoms with Gasteiger partial charge in [-0.05, 0) is 43.1 Å². The van der Waals surface area contributed by atoms with E-state index in [9.17, 15) is 0 Å². The number of aromatic amines is 1. The van der Waals surface area contributed by atoms with E-state index in [1.54, 1.807) is 0 Å². The normalized spacial score (nSPS) is 21.3. The van der Waals surface area contributed by atoms with Crippen LogP contribution < -0.4 is 5.32 Å². The van der Waals surface area contributed by atoms with Crippen LogP contribution in [0.4, 0.5) is 0 Å². The molecule has 0 unspecified atom stereocenters. The highest BCUT2D eigenvalue weighted by atomic mass is 79.9. The molecule has 2 heterocycles. The molecule has 1 aromatic heterocycles. The summed E-state index contributed by atoms with van der Waals surface area (Å²) < 4.78 is 1.15. The van der Waals surface area contributed by atoms with E-state index in [0.29, 0.717) is 6.04 Å². The topological polar surface area (TPSA) is 27.8 Å². The Labute approximate surface area is 97.2 Å². The summed E-state index contributed by atoms with van der Waals surface area (Å²) in [5.74, 6) is 0. The number of halogens is 1. The molecule has 3 rings (SSSR count). The summed E-state index contributed by atoms with van der Waals surface area (Å²) in [4.78, 5) is 3.33. The highest BCUT2D eigenvalue weighted by Crippen LogP contribution is 2.31. The Morgan fingerprint density at radius 2 is 2.27 bits per heavy atom. The number of fused-ring (bicyclic) bond motifs is 1. The van der Waals surface area contributed by atoms with Gasteiger partial charge in [0.05, 0.1) is 0 Å². The van der Waals surface area contributed by atoms with E-state index in [4.69, 9.17) is 0 Å². The molecule has 0 bridgehead atoms. The average molecular weight is 265 g/mol. The van der Waals surface area contributed by atoms with Crippen LogP contribution in [0.1, 0.15) is 24.4 Å². The predicted octanol–water partition coefficient (Wildman–Crippen LogP) is 3.35. The lowest BCUT2D eigenvalue weighted by Crippen LogP contribution is -2.12. The summed E-state index contributed by atoms with van der Waals surface area (Å²) >= 11 is 3.53. The molecule has 2 nitrogen and oxygen atoms in total. The van der Waals surface area contributed by atoms with Gasteiger partial charge in [-0.3, -0.25) is 0 Å². The molecule has 1 fully saturated rings. The van der Waals surface area contributed by atoms with Gasteiger partial charge in [-0.25, -0.2) is 0 Å². The molecule has 15 heavy (non-hydrogen) atoms. The summed E-state index contributed by atoms with van der Waals surface area (Å²) in [6.45, 7) is 1.14. The van der Waals surface area contributed by atoms with Crippen molar-refractivity contribution in [2.75, 3.05) is 6.54 Å². The van der Waals surface area contributed by atoms with Gasteiger partial charge in [0.2, 0.25) is 0 Å². The van der Waals surface area contributed by atoms with Crippen LogP contribution >= 0.6 is 15.9 Å². The summed E-state index contributed by atoms with van der Waals surface area (Å²) in [6, 6.07) is 6.93. The first-order valence-electron chi connectivity index (χ1n) is 5.34. The lowest BCUT2D eigenvalue weighted by molar-refractivity contribution is 0.652. The zero-order valence-corrected chi connectivity index (χ0v) is 9.97. The molecule has 0 amide bonds. The van der Waals surface area contributed by atoms with E-state index >= 15 is 0 Å². The van der Waals surface area contributed by atoms with Gasteiger partial charge < -0.3 is 10.3 Å². The molecule has 1 aromatic carbocycles. The van der Waals surface area contributed by atoms with Crippen molar-refractivity contribution in [3.63, 3.8) is 0 Å². The zero-order chi connectivity index (χ0) is 10.3. The molecule has 1 aliphatic heterocycles. The number of hydrogen-bond acceptors (Lipinski definition) is 1. The van der Waals surface area contributed by atoms with Crippen LogP contribution in [0.15, 0.2) is 28.9 Å². The smallest absolute Gasteiger partial charge is 0.0458 e. The summed E-state index contributed by atoms with van der Waals surface area (Å²) in [5.41, 5.74) is 2.63. The lowest BCUT2D eigenvalue weighted by atomic mass is 10.0. The largest absolute Gasteiger partial charge is 0.361 e. The molecule has 0 saturated carbocycles. The Hall–Kier alpha value is -0.800. The minimum atomic E-state index is 0.535. The molecule has 0 aliphatic carbocycles. The third-order valence-corrected chi connectivity index (χ3v) is 3.60. The quantitative estimate of drug-likeness (QED) is 0.813. The number of H-pyrrole nitrogens is 1. The molecule has 3 heteroatoms. The SMILES string of the molecule is Brc1ccc2[nH]cc([C@H]3CCCN3)c2c1. The van der Waals surface area contributed by atoms with Crippen molar-refractivity contribution in [2.45, 2.75) is 18.9 Å².